The maximum atomic E-state index is 11.4. The fourth-order valence-electron chi connectivity index (χ4n) is 2.03. The van der Waals surface area contributed by atoms with E-state index in [1.807, 2.05) is 25.6 Å². The van der Waals surface area contributed by atoms with Gasteiger partial charge in [0.05, 0.1) is 11.6 Å². The van der Waals surface area contributed by atoms with Crippen LogP contribution in [-0.2, 0) is 9.53 Å². The van der Waals surface area contributed by atoms with Crippen LogP contribution in [0.1, 0.15) is 33.6 Å². The van der Waals surface area contributed by atoms with E-state index in [4.69, 9.17) is 10.5 Å². The van der Waals surface area contributed by atoms with Gasteiger partial charge in [0.15, 0.2) is 0 Å². The third-order valence-electron chi connectivity index (χ3n) is 3.35. The topological polar surface area (TPSA) is 64.3 Å². The van der Waals surface area contributed by atoms with Gasteiger partial charge in [-0.05, 0) is 39.0 Å². The van der Waals surface area contributed by atoms with E-state index < -0.39 is 5.54 Å². The Balaban J connectivity index is 2.34. The van der Waals surface area contributed by atoms with Gasteiger partial charge in [-0.15, -0.1) is 0 Å². The molecule has 3 atom stereocenters. The molecule has 0 spiro atoms. The molecule has 0 aliphatic carbocycles. The minimum Gasteiger partial charge on any atom is -0.377 e. The van der Waals surface area contributed by atoms with Crippen molar-refractivity contribution in [3.05, 3.63) is 0 Å². The predicted molar refractivity (Wildman–Crippen MR) is 72.2 cm³/mol. The van der Waals surface area contributed by atoms with Crippen LogP contribution in [0.25, 0.3) is 0 Å². The number of nitrogens with one attached hydrogen (secondary N) is 1. The molecule has 3 unspecified atom stereocenters. The Labute approximate surface area is 108 Å². The van der Waals surface area contributed by atoms with Gasteiger partial charge in [-0.25, -0.2) is 0 Å². The average Bonchev–Trinajstić information content (AvgIpc) is 2.65. The summed E-state index contributed by atoms with van der Waals surface area (Å²) in [5.74, 6) is 0.667. The first kappa shape index (κ1) is 14.8. The smallest absolute Gasteiger partial charge is 0.237 e. The van der Waals surface area contributed by atoms with Crippen molar-refractivity contribution in [1.82, 2.24) is 5.32 Å². The highest BCUT2D eigenvalue weighted by atomic mass is 32.2. The number of thioether (sulfide) groups is 1. The van der Waals surface area contributed by atoms with Gasteiger partial charge in [-0.2, -0.15) is 11.8 Å². The van der Waals surface area contributed by atoms with Crippen molar-refractivity contribution in [1.29, 1.82) is 0 Å². The number of ether oxygens (including phenoxy) is 1. The molecule has 0 aromatic carbocycles. The monoisotopic (exact) mass is 260 g/mol. The maximum absolute atomic E-state index is 11.4. The first-order chi connectivity index (χ1) is 7.99. The number of carbonyl (C=O) groups excluding carboxylic acids is 1. The average molecular weight is 260 g/mol. The van der Waals surface area contributed by atoms with Crippen LogP contribution in [-0.4, -0.2) is 41.7 Å². The van der Waals surface area contributed by atoms with Gasteiger partial charge in [-0.1, -0.05) is 6.92 Å². The first-order valence-corrected chi connectivity index (χ1v) is 7.32. The van der Waals surface area contributed by atoms with Crippen molar-refractivity contribution in [2.75, 3.05) is 18.9 Å². The summed E-state index contributed by atoms with van der Waals surface area (Å²) in [5, 5.41) is 3.74. The first-order valence-electron chi connectivity index (χ1n) is 6.27. The lowest BCUT2D eigenvalue weighted by Gasteiger charge is -2.27. The number of rotatable bonds is 7. The molecule has 1 heterocycles. The summed E-state index contributed by atoms with van der Waals surface area (Å²) in [5.41, 5.74) is 4.86. The van der Waals surface area contributed by atoms with Gasteiger partial charge in [0.2, 0.25) is 5.91 Å². The Morgan fingerprint density at radius 2 is 2.35 bits per heavy atom. The Morgan fingerprint density at radius 1 is 1.65 bits per heavy atom. The molecule has 1 aliphatic heterocycles. The highest BCUT2D eigenvalue weighted by Gasteiger charge is 2.31. The fourth-order valence-corrected chi connectivity index (χ4v) is 3.48. The summed E-state index contributed by atoms with van der Waals surface area (Å²) in [4.78, 5) is 11.4. The Morgan fingerprint density at radius 3 is 2.82 bits per heavy atom. The number of hydrogen-bond donors (Lipinski definition) is 2. The third-order valence-corrected chi connectivity index (χ3v) is 4.84. The lowest BCUT2D eigenvalue weighted by molar-refractivity contribution is -0.123. The second-order valence-electron chi connectivity index (χ2n) is 4.75. The van der Waals surface area contributed by atoms with Gasteiger partial charge in [-0.3, -0.25) is 4.79 Å². The zero-order chi connectivity index (χ0) is 12.9. The van der Waals surface area contributed by atoms with Crippen molar-refractivity contribution in [2.45, 2.75) is 50.5 Å². The summed E-state index contributed by atoms with van der Waals surface area (Å²) in [6, 6.07) is 0. The molecule has 0 saturated carbocycles. The Kier molecular flexibility index (Phi) is 5.76. The van der Waals surface area contributed by atoms with E-state index in [9.17, 15) is 4.79 Å². The predicted octanol–water partition coefficient (Wildman–Crippen LogP) is 1.14. The van der Waals surface area contributed by atoms with E-state index in [2.05, 4.69) is 12.2 Å². The molecule has 5 heteroatoms. The van der Waals surface area contributed by atoms with E-state index in [1.165, 1.54) is 0 Å². The number of nitrogens with two attached hydrogens (primary N) is 1. The molecule has 17 heavy (non-hydrogen) atoms. The molecule has 0 aromatic heterocycles. The Hall–Kier alpha value is -0.260. The van der Waals surface area contributed by atoms with E-state index in [-0.39, 0.29) is 5.91 Å². The molecule has 1 amide bonds. The minimum absolute atomic E-state index is 0.268. The van der Waals surface area contributed by atoms with E-state index in [0.717, 1.165) is 31.7 Å². The molecule has 1 aliphatic rings. The second kappa shape index (κ2) is 6.61. The van der Waals surface area contributed by atoms with E-state index >= 15 is 0 Å². The zero-order valence-electron chi connectivity index (χ0n) is 11.0. The molecule has 100 valence electrons. The van der Waals surface area contributed by atoms with Crippen LogP contribution in [0.15, 0.2) is 0 Å². The molecule has 4 nitrogen and oxygen atoms in total. The number of likely N-dealkylation sites (N-methyl/N-ethyl adjacent to an activating group) is 1. The summed E-state index contributed by atoms with van der Waals surface area (Å²) in [7, 11) is 0. The van der Waals surface area contributed by atoms with Crippen molar-refractivity contribution in [3.8, 4) is 0 Å². The van der Waals surface area contributed by atoms with Gasteiger partial charge < -0.3 is 15.8 Å². The molecule has 3 N–H and O–H groups in total. The fraction of sp³-hybridized carbons (Fsp3) is 0.917. The quantitative estimate of drug-likeness (QED) is 0.720. The Bertz CT molecular complexity index is 263. The van der Waals surface area contributed by atoms with Crippen LogP contribution in [0.5, 0.6) is 0 Å². The van der Waals surface area contributed by atoms with Crippen LogP contribution in [0, 0.1) is 0 Å². The zero-order valence-corrected chi connectivity index (χ0v) is 11.8. The lowest BCUT2D eigenvalue weighted by Crippen LogP contribution is -2.53. The van der Waals surface area contributed by atoms with E-state index in [1.54, 1.807) is 0 Å². The summed E-state index contributed by atoms with van der Waals surface area (Å²) in [6.07, 6.45) is 2.21. The molecule has 1 saturated heterocycles. The molecule has 0 aromatic rings. The number of hydrogen-bond acceptors (Lipinski definition) is 4. The molecular formula is C12H24N2O2S. The molecule has 0 bridgehead atoms. The highest BCUT2D eigenvalue weighted by molar-refractivity contribution is 7.99. The van der Waals surface area contributed by atoms with Crippen LogP contribution in [0.3, 0.4) is 0 Å². The number of carbonyl (C=O) groups is 1. The van der Waals surface area contributed by atoms with Crippen molar-refractivity contribution in [2.24, 2.45) is 5.73 Å². The van der Waals surface area contributed by atoms with Crippen LogP contribution >= 0.6 is 11.8 Å². The van der Waals surface area contributed by atoms with Gasteiger partial charge in [0.1, 0.15) is 0 Å². The van der Waals surface area contributed by atoms with Crippen molar-refractivity contribution in [3.63, 3.8) is 0 Å². The van der Waals surface area contributed by atoms with Gasteiger partial charge in [0.25, 0.3) is 0 Å². The number of primary amides is 1. The van der Waals surface area contributed by atoms with Crippen LogP contribution in [0.2, 0.25) is 0 Å². The summed E-state index contributed by atoms with van der Waals surface area (Å²) in [6.45, 7) is 7.60. The molecule has 1 fully saturated rings. The molecule has 1 rings (SSSR count). The number of amides is 1. The lowest BCUT2D eigenvalue weighted by atomic mass is 9.98. The summed E-state index contributed by atoms with van der Waals surface area (Å²) < 4.78 is 5.51. The van der Waals surface area contributed by atoms with Gasteiger partial charge in [0, 0.05) is 11.9 Å². The van der Waals surface area contributed by atoms with Crippen molar-refractivity contribution >= 4 is 17.7 Å². The van der Waals surface area contributed by atoms with Crippen molar-refractivity contribution < 1.29 is 9.53 Å². The molecular weight excluding hydrogens is 236 g/mol. The third kappa shape index (κ3) is 4.16. The SMILES string of the molecule is CCNC(C)(CCSC1CCOC1C)C(N)=O. The maximum Gasteiger partial charge on any atom is 0.237 e. The van der Waals surface area contributed by atoms with Crippen LogP contribution < -0.4 is 11.1 Å². The summed E-state index contributed by atoms with van der Waals surface area (Å²) >= 11 is 1.89. The standard InChI is InChI=1S/C12H24N2O2S/c1-4-14-12(3,11(13)15)6-8-17-10-5-7-16-9(10)2/h9-10,14H,4-8H2,1-3H3,(H2,13,15). The minimum atomic E-state index is -0.579. The van der Waals surface area contributed by atoms with Crippen LogP contribution in [0.4, 0.5) is 0 Å². The normalized spacial score (nSPS) is 27.9. The molecule has 0 radical (unpaired) electrons. The second-order valence-corrected chi connectivity index (χ2v) is 6.10. The van der Waals surface area contributed by atoms with E-state index in [0.29, 0.717) is 11.4 Å². The highest BCUT2D eigenvalue weighted by Crippen LogP contribution is 2.28. The van der Waals surface area contributed by atoms with Gasteiger partial charge >= 0.3 is 0 Å². The largest absolute Gasteiger partial charge is 0.377 e.